The van der Waals surface area contributed by atoms with Crippen molar-refractivity contribution in [1.82, 2.24) is 0 Å². The molecule has 0 amide bonds. The van der Waals surface area contributed by atoms with Crippen molar-refractivity contribution in [2.45, 2.75) is 97.3 Å². The van der Waals surface area contributed by atoms with Crippen LogP contribution in [0.3, 0.4) is 0 Å². The van der Waals surface area contributed by atoms with Crippen LogP contribution >= 0.6 is 0 Å². The van der Waals surface area contributed by atoms with Gasteiger partial charge in [-0.2, -0.15) is 4.39 Å². The van der Waals surface area contributed by atoms with Crippen LogP contribution in [0, 0.1) is 11.6 Å². The Bertz CT molecular complexity index is 1040. The molecule has 200 valence electrons. The van der Waals surface area contributed by atoms with E-state index in [-0.39, 0.29) is 11.3 Å². The molecule has 0 spiro atoms. The first-order valence-electron chi connectivity index (χ1n) is 14.4. The molecular weight excluding hydrogens is 462 g/mol. The highest BCUT2D eigenvalue weighted by Gasteiger charge is 2.16. The molecule has 3 rings (SSSR count). The van der Waals surface area contributed by atoms with Gasteiger partial charge in [-0.1, -0.05) is 127 Å². The van der Waals surface area contributed by atoms with Crippen LogP contribution in [-0.2, 0) is 6.42 Å². The summed E-state index contributed by atoms with van der Waals surface area (Å²) >= 11 is 0. The summed E-state index contributed by atoms with van der Waals surface area (Å²) in [4.78, 5) is 0. The monoisotopic (exact) mass is 506 g/mol. The van der Waals surface area contributed by atoms with Gasteiger partial charge in [0.25, 0.3) is 0 Å². The fourth-order valence-corrected chi connectivity index (χ4v) is 4.72. The first kappa shape index (κ1) is 28.9. The van der Waals surface area contributed by atoms with Crippen molar-refractivity contribution in [3.05, 3.63) is 77.9 Å². The van der Waals surface area contributed by atoms with Gasteiger partial charge in [0.1, 0.15) is 0 Å². The van der Waals surface area contributed by atoms with Crippen LogP contribution in [0.25, 0.3) is 22.3 Å². The fraction of sp³-hybridized carbons (Fsp3) is 0.471. The van der Waals surface area contributed by atoms with E-state index < -0.39 is 11.6 Å². The number of aryl methyl sites for hydroxylation is 1. The standard InChI is InChI=1S/C34H44F2O/c1-3-5-7-8-9-10-11-12-13-14-15-27-16-18-28(19-17-27)29-20-22-30(23-21-29)31-24-25-32(34(36)33(31)35)37-26-6-4-2/h16-25H,3-15,26H2,1-2H3. The normalized spacial score (nSPS) is 11.1. The number of unbranched alkanes of at least 4 members (excludes halogenated alkanes) is 10. The van der Waals surface area contributed by atoms with Crippen LogP contribution in [0.2, 0.25) is 0 Å². The van der Waals surface area contributed by atoms with Gasteiger partial charge in [-0.3, -0.25) is 0 Å². The SMILES string of the molecule is CCCCCCCCCCCCc1ccc(-c2ccc(-c3ccc(OCCCC)c(F)c3F)cc2)cc1. The molecule has 0 aliphatic carbocycles. The quantitative estimate of drug-likeness (QED) is 0.165. The largest absolute Gasteiger partial charge is 0.490 e. The van der Waals surface area contributed by atoms with Crippen molar-refractivity contribution in [2.75, 3.05) is 6.61 Å². The summed E-state index contributed by atoms with van der Waals surface area (Å²) in [5, 5.41) is 0. The second-order valence-electron chi connectivity index (χ2n) is 10.1. The predicted molar refractivity (Wildman–Crippen MR) is 153 cm³/mol. The third kappa shape index (κ3) is 9.29. The van der Waals surface area contributed by atoms with Crippen LogP contribution in [0.15, 0.2) is 60.7 Å². The first-order valence-corrected chi connectivity index (χ1v) is 14.4. The Balaban J connectivity index is 1.47. The Morgan fingerprint density at radius 3 is 1.62 bits per heavy atom. The maximum Gasteiger partial charge on any atom is 0.201 e. The number of rotatable bonds is 17. The summed E-state index contributed by atoms with van der Waals surface area (Å²) in [6.07, 6.45) is 16.4. The average molecular weight is 507 g/mol. The Hall–Kier alpha value is -2.68. The molecule has 0 radical (unpaired) electrons. The van der Waals surface area contributed by atoms with E-state index in [0.717, 1.165) is 30.4 Å². The minimum atomic E-state index is -0.921. The summed E-state index contributed by atoms with van der Waals surface area (Å²) in [6, 6.07) is 19.5. The van der Waals surface area contributed by atoms with Gasteiger partial charge in [-0.15, -0.1) is 0 Å². The zero-order valence-corrected chi connectivity index (χ0v) is 22.8. The van der Waals surface area contributed by atoms with E-state index in [0.29, 0.717) is 12.2 Å². The summed E-state index contributed by atoms with van der Waals surface area (Å²) < 4.78 is 34.6. The van der Waals surface area contributed by atoms with E-state index in [2.05, 4.69) is 31.2 Å². The molecule has 3 aromatic rings. The second-order valence-corrected chi connectivity index (χ2v) is 10.1. The highest BCUT2D eigenvalue weighted by Crippen LogP contribution is 2.31. The highest BCUT2D eigenvalue weighted by atomic mass is 19.2. The molecule has 3 aromatic carbocycles. The lowest BCUT2D eigenvalue weighted by Crippen LogP contribution is -2.01. The van der Waals surface area contributed by atoms with Crippen LogP contribution in [-0.4, -0.2) is 6.61 Å². The molecule has 0 aromatic heterocycles. The molecule has 37 heavy (non-hydrogen) atoms. The number of ether oxygens (including phenoxy) is 1. The van der Waals surface area contributed by atoms with Crippen molar-refractivity contribution in [3.63, 3.8) is 0 Å². The predicted octanol–water partition coefficient (Wildman–Crippen LogP) is 10.9. The molecule has 0 bridgehead atoms. The maximum absolute atomic E-state index is 14.7. The molecule has 0 aliphatic heterocycles. The Labute approximate surface area is 223 Å². The topological polar surface area (TPSA) is 9.23 Å². The van der Waals surface area contributed by atoms with Gasteiger partial charge < -0.3 is 4.74 Å². The summed E-state index contributed by atoms with van der Waals surface area (Å²) in [5.41, 5.74) is 4.47. The Kier molecular flexibility index (Phi) is 12.7. The fourth-order valence-electron chi connectivity index (χ4n) is 4.72. The van der Waals surface area contributed by atoms with Gasteiger partial charge in [0.15, 0.2) is 11.6 Å². The number of hydrogen-bond acceptors (Lipinski definition) is 1. The zero-order valence-electron chi connectivity index (χ0n) is 22.8. The number of hydrogen-bond donors (Lipinski definition) is 0. The highest BCUT2D eigenvalue weighted by molar-refractivity contribution is 5.71. The average Bonchev–Trinajstić information content (AvgIpc) is 2.93. The summed E-state index contributed by atoms with van der Waals surface area (Å²) in [5.74, 6) is -1.81. The van der Waals surface area contributed by atoms with Gasteiger partial charge >= 0.3 is 0 Å². The third-order valence-electron chi connectivity index (χ3n) is 7.10. The van der Waals surface area contributed by atoms with Crippen molar-refractivity contribution in [1.29, 1.82) is 0 Å². The lowest BCUT2D eigenvalue weighted by molar-refractivity contribution is 0.289. The van der Waals surface area contributed by atoms with Gasteiger partial charge in [-0.05, 0) is 53.6 Å². The third-order valence-corrected chi connectivity index (χ3v) is 7.10. The lowest BCUT2D eigenvalue weighted by Gasteiger charge is -2.11. The van der Waals surface area contributed by atoms with Crippen molar-refractivity contribution in [2.24, 2.45) is 0 Å². The van der Waals surface area contributed by atoms with Crippen LogP contribution in [0.4, 0.5) is 8.78 Å². The molecule has 0 fully saturated rings. The number of benzene rings is 3. The van der Waals surface area contributed by atoms with Gasteiger partial charge in [0, 0.05) is 5.56 Å². The molecule has 0 saturated heterocycles. The molecule has 0 saturated carbocycles. The van der Waals surface area contributed by atoms with Crippen LogP contribution < -0.4 is 4.74 Å². The van der Waals surface area contributed by atoms with Crippen molar-refractivity contribution in [3.8, 4) is 28.0 Å². The van der Waals surface area contributed by atoms with Crippen LogP contribution in [0.1, 0.15) is 96.5 Å². The van der Waals surface area contributed by atoms with E-state index >= 15 is 0 Å². The molecule has 0 N–H and O–H groups in total. The van der Waals surface area contributed by atoms with E-state index in [4.69, 9.17) is 4.74 Å². The van der Waals surface area contributed by atoms with E-state index in [9.17, 15) is 8.78 Å². The zero-order chi connectivity index (χ0) is 26.3. The molecule has 3 heteroatoms. The Morgan fingerprint density at radius 1 is 0.514 bits per heavy atom. The molecule has 0 heterocycles. The van der Waals surface area contributed by atoms with Gasteiger partial charge in [0.05, 0.1) is 6.61 Å². The molecule has 0 unspecified atom stereocenters. The molecule has 1 nitrogen and oxygen atoms in total. The summed E-state index contributed by atoms with van der Waals surface area (Å²) in [7, 11) is 0. The van der Waals surface area contributed by atoms with Gasteiger partial charge in [-0.25, -0.2) is 4.39 Å². The minimum Gasteiger partial charge on any atom is -0.490 e. The van der Waals surface area contributed by atoms with Crippen LogP contribution in [0.5, 0.6) is 5.75 Å². The van der Waals surface area contributed by atoms with Gasteiger partial charge in [0.2, 0.25) is 5.82 Å². The van der Waals surface area contributed by atoms with E-state index in [1.165, 1.54) is 75.8 Å². The smallest absolute Gasteiger partial charge is 0.201 e. The second kappa shape index (κ2) is 16.2. The Morgan fingerprint density at radius 2 is 1.03 bits per heavy atom. The van der Waals surface area contributed by atoms with Crippen molar-refractivity contribution < 1.29 is 13.5 Å². The summed E-state index contributed by atoms with van der Waals surface area (Å²) in [6.45, 7) is 4.68. The molecule has 0 aliphatic rings. The first-order chi connectivity index (χ1) is 18.1. The van der Waals surface area contributed by atoms with Crippen molar-refractivity contribution >= 4 is 0 Å². The molecular formula is C34H44F2O. The number of halogens is 2. The van der Waals surface area contributed by atoms with E-state index in [1.807, 2.05) is 31.2 Å². The molecule has 0 atom stereocenters. The minimum absolute atomic E-state index is 0.0239. The lowest BCUT2D eigenvalue weighted by atomic mass is 9.98. The van der Waals surface area contributed by atoms with E-state index in [1.54, 1.807) is 6.07 Å². The maximum atomic E-state index is 14.7.